The smallest absolute Gasteiger partial charge is 0.284 e. The number of hydrogen-bond donors (Lipinski definition) is 1. The molecule has 2 aliphatic rings. The number of hydrogen-bond acceptors (Lipinski definition) is 5. The van der Waals surface area contributed by atoms with Gasteiger partial charge in [0.15, 0.2) is 5.76 Å². The van der Waals surface area contributed by atoms with Crippen LogP contribution >= 0.6 is 15.9 Å². The molecule has 0 aromatic heterocycles. The largest absolute Gasteiger partial charge is 0.466 e. The minimum atomic E-state index is -0.539. The van der Waals surface area contributed by atoms with Gasteiger partial charge in [0.05, 0.1) is 15.4 Å². The van der Waals surface area contributed by atoms with Gasteiger partial charge in [-0.2, -0.15) is 0 Å². The van der Waals surface area contributed by atoms with E-state index in [1.165, 1.54) is 42.6 Å². The van der Waals surface area contributed by atoms with Gasteiger partial charge >= 0.3 is 0 Å². The van der Waals surface area contributed by atoms with Crippen LogP contribution in [0.25, 0.3) is 0 Å². The summed E-state index contributed by atoms with van der Waals surface area (Å²) in [6, 6.07) is 3.80. The first kappa shape index (κ1) is 18.9. The van der Waals surface area contributed by atoms with Crippen molar-refractivity contribution in [2.75, 3.05) is 0 Å². The molecule has 1 atom stereocenters. The molecule has 1 unspecified atom stereocenters. The summed E-state index contributed by atoms with van der Waals surface area (Å²) in [5, 5.41) is 14.0. The van der Waals surface area contributed by atoms with E-state index in [9.17, 15) is 14.9 Å². The molecule has 1 amide bonds. The van der Waals surface area contributed by atoms with Crippen LogP contribution in [0.5, 0.6) is 0 Å². The van der Waals surface area contributed by atoms with Crippen molar-refractivity contribution in [3.63, 3.8) is 0 Å². The molecule has 1 aliphatic heterocycles. The molecule has 0 radical (unpaired) electrons. The SMILES string of the molecule is O=C(NC(CC1=CC=CCC1)C1=COC=CO1)c1ccc(Br)c([N+](=O)[O-])c1. The first-order valence-electron chi connectivity index (χ1n) is 8.31. The number of amides is 1. The zero-order valence-electron chi connectivity index (χ0n) is 14.3. The summed E-state index contributed by atoms with van der Waals surface area (Å²) in [6.07, 6.45) is 12.7. The van der Waals surface area contributed by atoms with Gasteiger partial charge in [0, 0.05) is 11.6 Å². The van der Waals surface area contributed by atoms with Crippen molar-refractivity contribution >= 4 is 27.5 Å². The Hall–Kier alpha value is -2.87. The van der Waals surface area contributed by atoms with Crippen molar-refractivity contribution < 1.29 is 19.2 Å². The molecule has 140 valence electrons. The highest BCUT2D eigenvalue weighted by Gasteiger charge is 2.24. The average Bonchev–Trinajstić information content (AvgIpc) is 2.69. The first-order valence-corrected chi connectivity index (χ1v) is 9.10. The lowest BCUT2D eigenvalue weighted by Crippen LogP contribution is -2.37. The maximum atomic E-state index is 12.7. The summed E-state index contributed by atoms with van der Waals surface area (Å²) in [5.41, 5.74) is 1.20. The fourth-order valence-corrected chi connectivity index (χ4v) is 3.17. The van der Waals surface area contributed by atoms with E-state index in [0.717, 1.165) is 12.8 Å². The standard InChI is InChI=1S/C19H17BrN2O5/c20-15-7-6-14(11-17(15)22(24)25)19(23)21-16(18-12-26-8-9-27-18)10-13-4-2-1-3-5-13/h1-2,4,6-9,11-12,16H,3,5,10H2,(H,21,23). The summed E-state index contributed by atoms with van der Waals surface area (Å²) in [6.45, 7) is 0. The van der Waals surface area contributed by atoms with Gasteiger partial charge in [-0.05, 0) is 47.3 Å². The fourth-order valence-electron chi connectivity index (χ4n) is 2.78. The number of rotatable bonds is 6. The Bertz CT molecular complexity index is 873. The molecule has 27 heavy (non-hydrogen) atoms. The van der Waals surface area contributed by atoms with Gasteiger partial charge in [-0.3, -0.25) is 14.9 Å². The molecule has 0 spiro atoms. The van der Waals surface area contributed by atoms with Gasteiger partial charge in [0.2, 0.25) is 0 Å². The predicted molar refractivity (Wildman–Crippen MR) is 103 cm³/mol. The van der Waals surface area contributed by atoms with E-state index in [1.807, 2.05) is 12.2 Å². The van der Waals surface area contributed by atoms with E-state index in [1.54, 1.807) is 0 Å². The van der Waals surface area contributed by atoms with Gasteiger partial charge in [0.25, 0.3) is 11.6 Å². The van der Waals surface area contributed by atoms with Gasteiger partial charge < -0.3 is 14.8 Å². The Labute approximate surface area is 164 Å². The van der Waals surface area contributed by atoms with Gasteiger partial charge in [-0.15, -0.1) is 0 Å². The van der Waals surface area contributed by atoms with E-state index < -0.39 is 16.9 Å². The third kappa shape index (κ3) is 4.85. The minimum absolute atomic E-state index is 0.168. The lowest BCUT2D eigenvalue weighted by atomic mass is 9.97. The Morgan fingerprint density at radius 3 is 2.89 bits per heavy atom. The van der Waals surface area contributed by atoms with Crippen molar-refractivity contribution in [1.82, 2.24) is 5.32 Å². The van der Waals surface area contributed by atoms with Crippen molar-refractivity contribution in [1.29, 1.82) is 0 Å². The Morgan fingerprint density at radius 1 is 1.37 bits per heavy atom. The van der Waals surface area contributed by atoms with Crippen LogP contribution < -0.4 is 5.32 Å². The molecule has 0 bridgehead atoms. The molecule has 1 aromatic carbocycles. The number of nitrogens with zero attached hydrogens (tertiary/aromatic N) is 1. The normalized spacial score (nSPS) is 16.5. The van der Waals surface area contributed by atoms with E-state index >= 15 is 0 Å². The number of nitro benzene ring substituents is 1. The predicted octanol–water partition coefficient (Wildman–Crippen LogP) is 4.48. The van der Waals surface area contributed by atoms with Crippen molar-refractivity contribution in [3.05, 3.63) is 86.7 Å². The van der Waals surface area contributed by atoms with E-state index in [-0.39, 0.29) is 11.3 Å². The molecule has 0 saturated carbocycles. The summed E-state index contributed by atoms with van der Waals surface area (Å²) < 4.78 is 11.0. The van der Waals surface area contributed by atoms with E-state index in [4.69, 9.17) is 9.47 Å². The molecular weight excluding hydrogens is 416 g/mol. The third-order valence-corrected chi connectivity index (χ3v) is 4.81. The summed E-state index contributed by atoms with van der Waals surface area (Å²) in [7, 11) is 0. The summed E-state index contributed by atoms with van der Waals surface area (Å²) >= 11 is 3.12. The third-order valence-electron chi connectivity index (χ3n) is 4.14. The van der Waals surface area contributed by atoms with Crippen LogP contribution in [0.3, 0.4) is 0 Å². The second-order valence-corrected chi connectivity index (χ2v) is 6.85. The average molecular weight is 433 g/mol. The van der Waals surface area contributed by atoms with Crippen LogP contribution in [0.1, 0.15) is 29.6 Å². The summed E-state index contributed by atoms with van der Waals surface area (Å²) in [4.78, 5) is 23.3. The number of allylic oxidation sites excluding steroid dienone is 3. The van der Waals surface area contributed by atoms with E-state index in [2.05, 4.69) is 27.3 Å². The van der Waals surface area contributed by atoms with Crippen LogP contribution in [0.2, 0.25) is 0 Å². The molecule has 7 nitrogen and oxygen atoms in total. The number of halogens is 1. The molecule has 1 N–H and O–H groups in total. The number of benzene rings is 1. The number of nitrogens with one attached hydrogen (secondary N) is 1. The Kier molecular flexibility index (Phi) is 6.08. The number of ether oxygens (including phenoxy) is 2. The molecule has 1 aromatic rings. The molecule has 3 rings (SSSR count). The van der Waals surface area contributed by atoms with Crippen molar-refractivity contribution in [3.8, 4) is 0 Å². The molecule has 8 heteroatoms. The molecular formula is C19H17BrN2O5. The Balaban J connectivity index is 1.80. The van der Waals surface area contributed by atoms with Crippen LogP contribution in [-0.2, 0) is 9.47 Å². The Morgan fingerprint density at radius 2 is 2.22 bits per heavy atom. The quantitative estimate of drug-likeness (QED) is 0.528. The highest BCUT2D eigenvalue weighted by Crippen LogP contribution is 2.27. The molecule has 0 saturated heterocycles. The monoisotopic (exact) mass is 432 g/mol. The van der Waals surface area contributed by atoms with Crippen LogP contribution in [-0.4, -0.2) is 16.9 Å². The number of nitro groups is 1. The van der Waals surface area contributed by atoms with Gasteiger partial charge in [0.1, 0.15) is 18.8 Å². The lowest BCUT2D eigenvalue weighted by Gasteiger charge is -2.23. The zero-order valence-corrected chi connectivity index (χ0v) is 15.8. The van der Waals surface area contributed by atoms with Gasteiger partial charge in [-0.25, -0.2) is 0 Å². The first-order chi connectivity index (χ1) is 13.0. The summed E-state index contributed by atoms with van der Waals surface area (Å²) in [5.74, 6) is 0.0366. The number of carbonyl (C=O) groups excluding carboxylic acids is 1. The van der Waals surface area contributed by atoms with Crippen molar-refractivity contribution in [2.24, 2.45) is 0 Å². The van der Waals surface area contributed by atoms with Crippen LogP contribution in [0.4, 0.5) is 5.69 Å². The fraction of sp³-hybridized carbons (Fsp3) is 0.211. The maximum Gasteiger partial charge on any atom is 0.284 e. The highest BCUT2D eigenvalue weighted by molar-refractivity contribution is 9.10. The van der Waals surface area contributed by atoms with Crippen molar-refractivity contribution in [2.45, 2.75) is 25.3 Å². The topological polar surface area (TPSA) is 90.7 Å². The second-order valence-electron chi connectivity index (χ2n) is 5.99. The second kappa shape index (κ2) is 8.68. The van der Waals surface area contributed by atoms with Crippen LogP contribution in [0.15, 0.2) is 71.0 Å². The molecule has 1 heterocycles. The maximum absolute atomic E-state index is 12.7. The van der Waals surface area contributed by atoms with E-state index in [0.29, 0.717) is 16.7 Å². The number of carbonyl (C=O) groups is 1. The van der Waals surface area contributed by atoms with Gasteiger partial charge in [-0.1, -0.05) is 23.8 Å². The minimum Gasteiger partial charge on any atom is -0.466 e. The molecule has 0 fully saturated rings. The molecule has 1 aliphatic carbocycles. The van der Waals surface area contributed by atoms with Crippen LogP contribution in [0, 0.1) is 10.1 Å². The zero-order chi connectivity index (χ0) is 19.2. The highest BCUT2D eigenvalue weighted by atomic mass is 79.9. The lowest BCUT2D eigenvalue weighted by molar-refractivity contribution is -0.385.